The van der Waals surface area contributed by atoms with E-state index in [0.29, 0.717) is 4.34 Å². The van der Waals surface area contributed by atoms with Crippen molar-refractivity contribution >= 4 is 46.5 Å². The minimum atomic E-state index is -4.45. The second-order valence-corrected chi connectivity index (χ2v) is 7.51. The third-order valence-electron chi connectivity index (χ3n) is 1.97. The summed E-state index contributed by atoms with van der Waals surface area (Å²) in [7, 11) is 0. The number of hydrogen-bond acceptors (Lipinski definition) is 6. The predicted molar refractivity (Wildman–Crippen MR) is 74.7 cm³/mol. The maximum absolute atomic E-state index is 12.5. The highest BCUT2D eigenvalue weighted by Gasteiger charge is 2.31. The summed E-state index contributed by atoms with van der Waals surface area (Å²) in [6, 6.07) is 0.861. The first-order valence-electron chi connectivity index (χ1n) is 5.27. The Balaban J connectivity index is 2.17. The van der Waals surface area contributed by atoms with Gasteiger partial charge in [0.1, 0.15) is 5.03 Å². The van der Waals surface area contributed by atoms with Crippen molar-refractivity contribution in [3.63, 3.8) is 0 Å². The molecule has 2 heterocycles. The van der Waals surface area contributed by atoms with Gasteiger partial charge in [-0.05, 0) is 23.6 Å². The largest absolute Gasteiger partial charge is 0.417 e. The molecular formula is C10H7ClF3N3S3. The number of halogens is 4. The van der Waals surface area contributed by atoms with E-state index in [-0.39, 0.29) is 10.0 Å². The Hall–Kier alpha value is -0.510. The summed E-state index contributed by atoms with van der Waals surface area (Å²) in [5, 5.41) is 8.11. The minimum absolute atomic E-state index is 0.0512. The summed E-state index contributed by atoms with van der Waals surface area (Å²) in [5.41, 5.74) is -0.869. The third-order valence-corrected chi connectivity index (χ3v) is 5.38. The summed E-state index contributed by atoms with van der Waals surface area (Å²) in [4.78, 5) is 3.74. The van der Waals surface area contributed by atoms with Crippen LogP contribution in [0.25, 0.3) is 0 Å². The molecule has 0 saturated heterocycles. The highest BCUT2D eigenvalue weighted by molar-refractivity contribution is 8.03. The molecule has 0 aliphatic rings. The predicted octanol–water partition coefficient (Wildman–Crippen LogP) is 4.87. The highest BCUT2D eigenvalue weighted by atomic mass is 35.5. The van der Waals surface area contributed by atoms with Crippen LogP contribution < -0.4 is 0 Å². The number of aromatic nitrogens is 3. The summed E-state index contributed by atoms with van der Waals surface area (Å²) < 4.78 is 38.9. The number of hydrogen-bond donors (Lipinski definition) is 0. The topological polar surface area (TPSA) is 38.7 Å². The van der Waals surface area contributed by atoms with Crippen molar-refractivity contribution in [2.75, 3.05) is 5.75 Å². The fraction of sp³-hybridized carbons (Fsp3) is 0.300. The van der Waals surface area contributed by atoms with E-state index in [2.05, 4.69) is 15.2 Å². The van der Waals surface area contributed by atoms with Gasteiger partial charge in [0, 0.05) is 6.20 Å². The van der Waals surface area contributed by atoms with Crippen molar-refractivity contribution in [3.05, 3.63) is 22.8 Å². The van der Waals surface area contributed by atoms with E-state index in [4.69, 9.17) is 11.6 Å². The van der Waals surface area contributed by atoms with Gasteiger partial charge in [-0.2, -0.15) is 13.2 Å². The lowest BCUT2D eigenvalue weighted by Crippen LogP contribution is -2.05. The zero-order chi connectivity index (χ0) is 14.8. The molecule has 3 nitrogen and oxygen atoms in total. The Bertz CT molecular complexity index is 603. The first-order chi connectivity index (χ1) is 9.40. The van der Waals surface area contributed by atoms with Crippen molar-refractivity contribution in [2.45, 2.75) is 26.8 Å². The van der Waals surface area contributed by atoms with E-state index < -0.39 is 11.7 Å². The zero-order valence-electron chi connectivity index (χ0n) is 9.94. The summed E-state index contributed by atoms with van der Waals surface area (Å²) >= 11 is 9.82. The number of thioether (sulfide) groups is 1. The second-order valence-electron chi connectivity index (χ2n) is 3.38. The smallest absolute Gasteiger partial charge is 0.247 e. The highest BCUT2D eigenvalue weighted by Crippen LogP contribution is 2.38. The van der Waals surface area contributed by atoms with E-state index in [1.54, 1.807) is 11.8 Å². The molecule has 0 aliphatic heterocycles. The fourth-order valence-corrected chi connectivity index (χ4v) is 4.23. The van der Waals surface area contributed by atoms with E-state index in [9.17, 15) is 13.2 Å². The van der Waals surface area contributed by atoms with Crippen molar-refractivity contribution in [2.24, 2.45) is 0 Å². The lowest BCUT2D eigenvalue weighted by atomic mass is 10.3. The number of alkyl halides is 3. The molecule has 0 N–H and O–H groups in total. The molecule has 2 aromatic heterocycles. The van der Waals surface area contributed by atoms with Gasteiger partial charge in [0.2, 0.25) is 0 Å². The molecule has 0 radical (unpaired) electrons. The maximum atomic E-state index is 12.5. The van der Waals surface area contributed by atoms with Gasteiger partial charge in [-0.25, -0.2) is 4.98 Å². The van der Waals surface area contributed by atoms with Crippen LogP contribution in [-0.2, 0) is 6.18 Å². The number of nitrogens with zero attached hydrogens (tertiary/aromatic N) is 3. The van der Waals surface area contributed by atoms with Gasteiger partial charge in [0.25, 0.3) is 0 Å². The van der Waals surface area contributed by atoms with Crippen molar-refractivity contribution in [1.82, 2.24) is 15.2 Å². The van der Waals surface area contributed by atoms with E-state index in [0.717, 1.165) is 34.1 Å². The number of rotatable bonds is 4. The molecule has 0 spiro atoms. The molecule has 108 valence electrons. The lowest BCUT2D eigenvalue weighted by Gasteiger charge is -2.07. The van der Waals surface area contributed by atoms with Gasteiger partial charge in [-0.1, -0.05) is 41.6 Å². The van der Waals surface area contributed by atoms with Gasteiger partial charge in [0.05, 0.1) is 10.6 Å². The molecule has 10 heteroatoms. The first-order valence-corrected chi connectivity index (χ1v) is 8.26. The molecule has 2 aromatic rings. The average Bonchev–Trinajstić information content (AvgIpc) is 2.78. The van der Waals surface area contributed by atoms with Gasteiger partial charge in [-0.3, -0.25) is 0 Å². The van der Waals surface area contributed by atoms with Gasteiger partial charge in [-0.15, -0.1) is 10.2 Å². The van der Waals surface area contributed by atoms with E-state index in [1.807, 2.05) is 6.92 Å². The molecule has 0 amide bonds. The molecule has 0 bridgehead atoms. The van der Waals surface area contributed by atoms with Crippen LogP contribution in [0.3, 0.4) is 0 Å². The standard InChI is InChI=1S/C10H7ClF3N3S3/c1-2-18-8-16-17-9(20-8)19-7-6(11)3-5(4-15-7)10(12,13)14/h3-4H,2H2,1H3. The summed E-state index contributed by atoms with van der Waals surface area (Å²) in [6.45, 7) is 1.99. The van der Waals surface area contributed by atoms with Crippen LogP contribution in [0.5, 0.6) is 0 Å². The van der Waals surface area contributed by atoms with Crippen molar-refractivity contribution in [3.8, 4) is 0 Å². The van der Waals surface area contributed by atoms with Crippen molar-refractivity contribution in [1.29, 1.82) is 0 Å². The first kappa shape index (κ1) is 15.9. The van der Waals surface area contributed by atoms with E-state index >= 15 is 0 Å². The molecule has 0 saturated carbocycles. The van der Waals surface area contributed by atoms with Crippen LogP contribution in [0, 0.1) is 0 Å². The lowest BCUT2D eigenvalue weighted by molar-refractivity contribution is -0.137. The Labute approximate surface area is 130 Å². The molecule has 2 rings (SSSR count). The quantitative estimate of drug-likeness (QED) is 0.730. The second kappa shape index (κ2) is 6.50. The van der Waals surface area contributed by atoms with Crippen LogP contribution in [0.4, 0.5) is 13.2 Å². The maximum Gasteiger partial charge on any atom is 0.417 e. The van der Waals surface area contributed by atoms with E-state index in [1.165, 1.54) is 11.3 Å². The Morgan fingerprint density at radius 3 is 2.60 bits per heavy atom. The molecule has 0 aliphatic carbocycles. The van der Waals surface area contributed by atoms with Gasteiger partial charge < -0.3 is 0 Å². The monoisotopic (exact) mass is 357 g/mol. The summed E-state index contributed by atoms with van der Waals surface area (Å²) in [5.74, 6) is 0.874. The molecule has 20 heavy (non-hydrogen) atoms. The van der Waals surface area contributed by atoms with Crippen LogP contribution in [0.1, 0.15) is 12.5 Å². The molecule has 0 unspecified atom stereocenters. The normalized spacial score (nSPS) is 11.8. The van der Waals surface area contributed by atoms with Crippen LogP contribution in [-0.4, -0.2) is 20.9 Å². The Morgan fingerprint density at radius 2 is 2.00 bits per heavy atom. The fourth-order valence-electron chi connectivity index (χ4n) is 1.16. The minimum Gasteiger partial charge on any atom is -0.247 e. The van der Waals surface area contributed by atoms with Crippen LogP contribution >= 0.6 is 46.5 Å². The van der Waals surface area contributed by atoms with Gasteiger partial charge >= 0.3 is 6.18 Å². The average molecular weight is 358 g/mol. The Morgan fingerprint density at radius 1 is 1.30 bits per heavy atom. The number of pyridine rings is 1. The third kappa shape index (κ3) is 4.00. The molecular weight excluding hydrogens is 351 g/mol. The van der Waals surface area contributed by atoms with Crippen LogP contribution in [0.15, 0.2) is 26.0 Å². The summed E-state index contributed by atoms with van der Waals surface area (Å²) in [6.07, 6.45) is -3.69. The molecule has 0 aromatic carbocycles. The van der Waals surface area contributed by atoms with Crippen LogP contribution in [0.2, 0.25) is 5.02 Å². The SMILES string of the molecule is CCSc1nnc(Sc2ncc(C(F)(F)F)cc2Cl)s1. The molecule has 0 fully saturated rings. The Kier molecular flexibility index (Phi) is 5.16. The molecule has 0 atom stereocenters. The van der Waals surface area contributed by atoms with Gasteiger partial charge in [0.15, 0.2) is 8.68 Å². The van der Waals surface area contributed by atoms with Crippen molar-refractivity contribution < 1.29 is 13.2 Å². The zero-order valence-corrected chi connectivity index (χ0v) is 13.1.